The van der Waals surface area contributed by atoms with Crippen LogP contribution in [-0.4, -0.2) is 27.9 Å². The van der Waals surface area contributed by atoms with Gasteiger partial charge in [-0.15, -0.1) is 0 Å². The number of ether oxygens (including phenoxy) is 1. The summed E-state index contributed by atoms with van der Waals surface area (Å²) in [6.07, 6.45) is 1.83. The van der Waals surface area contributed by atoms with Gasteiger partial charge in [0.05, 0.1) is 11.1 Å². The lowest BCUT2D eigenvalue weighted by molar-refractivity contribution is 0.0697. The third-order valence-electron chi connectivity index (χ3n) is 3.67. The summed E-state index contributed by atoms with van der Waals surface area (Å²) in [5.41, 5.74) is 2.95. The van der Waals surface area contributed by atoms with Crippen molar-refractivity contribution in [2.45, 2.75) is 6.92 Å². The van der Waals surface area contributed by atoms with E-state index in [2.05, 4.69) is 0 Å². The zero-order chi connectivity index (χ0) is 15.9. The molecular weight excluding hydrogens is 284 g/mol. The second-order valence-corrected chi connectivity index (χ2v) is 5.13. The maximum Gasteiger partial charge on any atom is 0.335 e. The Hall–Kier alpha value is -2.95. The molecule has 2 aromatic rings. The van der Waals surface area contributed by atoms with E-state index < -0.39 is 5.97 Å². The van der Waals surface area contributed by atoms with Crippen LogP contribution in [0.5, 0.6) is 17.2 Å². The minimum Gasteiger partial charge on any atom is -0.507 e. The fourth-order valence-electron chi connectivity index (χ4n) is 2.48. The van der Waals surface area contributed by atoms with Gasteiger partial charge in [-0.3, -0.25) is 0 Å². The van der Waals surface area contributed by atoms with Crippen molar-refractivity contribution >= 4 is 17.6 Å². The molecule has 1 heterocycles. The van der Waals surface area contributed by atoms with E-state index in [-0.39, 0.29) is 23.7 Å². The van der Waals surface area contributed by atoms with Gasteiger partial charge in [0.2, 0.25) is 0 Å². The molecule has 1 aliphatic rings. The molecule has 0 atom stereocenters. The number of aromatic carboxylic acids is 1. The van der Waals surface area contributed by atoms with E-state index in [0.717, 1.165) is 11.1 Å². The first kappa shape index (κ1) is 14.0. The number of carboxylic acid groups (broad SMARTS) is 1. The minimum absolute atomic E-state index is 0.0108. The molecule has 0 saturated heterocycles. The molecule has 0 amide bonds. The molecule has 0 spiro atoms. The molecule has 0 saturated carbocycles. The van der Waals surface area contributed by atoms with Gasteiger partial charge < -0.3 is 20.1 Å². The fraction of sp³-hybridized carbons (Fsp3) is 0.118. The standard InChI is InChI=1S/C17H14O5/c1-9-13(18)7-14(19)15-12(8-22-16(9)15)6-10-2-4-11(5-3-10)17(20)21/h2-7,18-19H,8H2,1H3,(H,20,21)/b12-6+. The van der Waals surface area contributed by atoms with Crippen molar-refractivity contribution in [1.82, 2.24) is 0 Å². The second-order valence-electron chi connectivity index (χ2n) is 5.13. The van der Waals surface area contributed by atoms with Crippen LogP contribution in [0, 0.1) is 6.92 Å². The highest BCUT2D eigenvalue weighted by molar-refractivity contribution is 5.92. The van der Waals surface area contributed by atoms with Gasteiger partial charge in [0.15, 0.2) is 0 Å². The number of phenols is 2. The van der Waals surface area contributed by atoms with Crippen LogP contribution in [0.25, 0.3) is 11.6 Å². The van der Waals surface area contributed by atoms with E-state index in [1.165, 1.54) is 18.2 Å². The van der Waals surface area contributed by atoms with E-state index >= 15 is 0 Å². The predicted molar refractivity (Wildman–Crippen MR) is 81.3 cm³/mol. The van der Waals surface area contributed by atoms with Crippen molar-refractivity contribution in [3.63, 3.8) is 0 Å². The van der Waals surface area contributed by atoms with E-state index in [4.69, 9.17) is 9.84 Å². The molecule has 0 bridgehead atoms. The molecule has 0 radical (unpaired) electrons. The quantitative estimate of drug-likeness (QED) is 0.793. The molecular formula is C17H14O5. The molecule has 0 aliphatic carbocycles. The molecule has 22 heavy (non-hydrogen) atoms. The molecule has 5 nitrogen and oxygen atoms in total. The Kier molecular flexibility index (Phi) is 3.25. The smallest absolute Gasteiger partial charge is 0.335 e. The Morgan fingerprint density at radius 2 is 1.86 bits per heavy atom. The average Bonchev–Trinajstić information content (AvgIpc) is 2.90. The predicted octanol–water partition coefficient (Wildman–Crippen LogP) is 3.04. The normalized spacial score (nSPS) is 14.7. The van der Waals surface area contributed by atoms with Gasteiger partial charge in [0.1, 0.15) is 23.9 Å². The summed E-state index contributed by atoms with van der Waals surface area (Å²) in [5, 5.41) is 28.6. The number of carboxylic acids is 1. The summed E-state index contributed by atoms with van der Waals surface area (Å²) in [6.45, 7) is 2.01. The van der Waals surface area contributed by atoms with Crippen molar-refractivity contribution in [2.75, 3.05) is 6.61 Å². The maximum atomic E-state index is 10.8. The highest BCUT2D eigenvalue weighted by Gasteiger charge is 2.25. The maximum absolute atomic E-state index is 10.8. The summed E-state index contributed by atoms with van der Waals surface area (Å²) in [7, 11) is 0. The van der Waals surface area contributed by atoms with Crippen LogP contribution in [-0.2, 0) is 0 Å². The third-order valence-corrected chi connectivity index (χ3v) is 3.67. The fourth-order valence-corrected chi connectivity index (χ4v) is 2.48. The van der Waals surface area contributed by atoms with Gasteiger partial charge in [-0.1, -0.05) is 12.1 Å². The number of phenolic OH excluding ortho intramolecular Hbond substituents is 2. The zero-order valence-electron chi connectivity index (χ0n) is 11.8. The highest BCUT2D eigenvalue weighted by atomic mass is 16.5. The van der Waals surface area contributed by atoms with Crippen molar-refractivity contribution in [3.05, 3.63) is 52.6 Å². The van der Waals surface area contributed by atoms with Gasteiger partial charge >= 0.3 is 5.97 Å². The lowest BCUT2D eigenvalue weighted by Gasteiger charge is -2.07. The molecule has 1 aliphatic heterocycles. The Morgan fingerprint density at radius 3 is 2.50 bits per heavy atom. The molecule has 0 aromatic heterocycles. The van der Waals surface area contributed by atoms with Crippen molar-refractivity contribution in [1.29, 1.82) is 0 Å². The van der Waals surface area contributed by atoms with Crippen molar-refractivity contribution in [3.8, 4) is 17.2 Å². The van der Waals surface area contributed by atoms with Crippen LogP contribution < -0.4 is 4.74 Å². The van der Waals surface area contributed by atoms with Crippen LogP contribution >= 0.6 is 0 Å². The van der Waals surface area contributed by atoms with Crippen LogP contribution in [0.4, 0.5) is 0 Å². The molecule has 2 aromatic carbocycles. The van der Waals surface area contributed by atoms with E-state index in [9.17, 15) is 15.0 Å². The Morgan fingerprint density at radius 1 is 1.18 bits per heavy atom. The summed E-state index contributed by atoms with van der Waals surface area (Å²) in [6, 6.07) is 7.72. The van der Waals surface area contributed by atoms with E-state index in [1.54, 1.807) is 19.1 Å². The Balaban J connectivity index is 2.02. The summed E-state index contributed by atoms with van der Waals surface area (Å²) in [4.78, 5) is 10.8. The van der Waals surface area contributed by atoms with Gasteiger partial charge in [-0.2, -0.15) is 0 Å². The Bertz CT molecular complexity index is 788. The van der Waals surface area contributed by atoms with Crippen molar-refractivity contribution in [2.24, 2.45) is 0 Å². The van der Waals surface area contributed by atoms with Gasteiger partial charge in [0.25, 0.3) is 0 Å². The zero-order valence-corrected chi connectivity index (χ0v) is 11.8. The van der Waals surface area contributed by atoms with Crippen LogP contribution in [0.15, 0.2) is 30.3 Å². The topological polar surface area (TPSA) is 87.0 Å². The van der Waals surface area contributed by atoms with Crippen LogP contribution in [0.3, 0.4) is 0 Å². The molecule has 3 N–H and O–H groups in total. The molecule has 0 fully saturated rings. The van der Waals surface area contributed by atoms with Crippen molar-refractivity contribution < 1.29 is 24.9 Å². The number of rotatable bonds is 2. The van der Waals surface area contributed by atoms with Gasteiger partial charge in [-0.25, -0.2) is 4.79 Å². The number of fused-ring (bicyclic) bond motifs is 1. The first-order valence-electron chi connectivity index (χ1n) is 6.70. The number of aromatic hydroxyl groups is 2. The van der Waals surface area contributed by atoms with Gasteiger partial charge in [-0.05, 0) is 30.7 Å². The summed E-state index contributed by atoms with van der Waals surface area (Å²) >= 11 is 0. The summed E-state index contributed by atoms with van der Waals surface area (Å²) < 4.78 is 5.56. The van der Waals surface area contributed by atoms with E-state index in [1.807, 2.05) is 6.08 Å². The highest BCUT2D eigenvalue weighted by Crippen LogP contribution is 2.46. The second kappa shape index (κ2) is 5.11. The molecule has 5 heteroatoms. The van der Waals surface area contributed by atoms with E-state index in [0.29, 0.717) is 16.9 Å². The molecule has 0 unspecified atom stereocenters. The number of hydrogen-bond acceptors (Lipinski definition) is 4. The first-order chi connectivity index (χ1) is 10.5. The largest absolute Gasteiger partial charge is 0.507 e. The SMILES string of the molecule is Cc1c(O)cc(O)c2c1OC/C2=C\c1ccc(C(=O)O)cc1. The number of hydrogen-bond donors (Lipinski definition) is 3. The monoisotopic (exact) mass is 298 g/mol. The lowest BCUT2D eigenvalue weighted by Crippen LogP contribution is -1.95. The number of carbonyl (C=O) groups is 1. The minimum atomic E-state index is -0.975. The first-order valence-corrected chi connectivity index (χ1v) is 6.70. The molecule has 3 rings (SSSR count). The summed E-state index contributed by atoms with van der Waals surface area (Å²) in [5.74, 6) is -0.546. The molecule has 112 valence electrons. The Labute approximate surface area is 126 Å². The van der Waals surface area contributed by atoms with Crippen LogP contribution in [0.2, 0.25) is 0 Å². The number of benzene rings is 2. The lowest BCUT2D eigenvalue weighted by atomic mass is 10.00. The van der Waals surface area contributed by atoms with Crippen LogP contribution in [0.1, 0.15) is 27.0 Å². The average molecular weight is 298 g/mol. The third kappa shape index (κ3) is 2.26. The van der Waals surface area contributed by atoms with Gasteiger partial charge in [0, 0.05) is 17.2 Å².